The zero-order valence-electron chi connectivity index (χ0n) is 10.2. The number of nitrogens with two attached hydrogens (primary N) is 1. The van der Waals surface area contributed by atoms with Crippen LogP contribution < -0.4 is 5.73 Å². The Labute approximate surface area is 97.2 Å². The number of carbonyl (C=O) groups excluding carboxylic acids is 1. The molecule has 1 aliphatic rings. The molecule has 0 atom stereocenters. The molecule has 4 heteroatoms. The van der Waals surface area contributed by atoms with Crippen LogP contribution in [-0.2, 0) is 4.74 Å². The Kier molecular flexibility index (Phi) is 4.59. The Bertz CT molecular complexity index is 232. The smallest absolute Gasteiger partial charge is 0.405 e. The summed E-state index contributed by atoms with van der Waals surface area (Å²) in [4.78, 5) is 10.7. The van der Waals surface area contributed by atoms with Gasteiger partial charge >= 0.3 is 6.09 Å². The van der Waals surface area contributed by atoms with Crippen LogP contribution in [0, 0.1) is 11.8 Å². The molecule has 1 saturated carbocycles. The highest BCUT2D eigenvalue weighted by Gasteiger charge is 2.29. The third-order valence-electron chi connectivity index (χ3n) is 3.38. The minimum Gasteiger partial charge on any atom is -0.444 e. The molecule has 1 aliphatic carbocycles. The van der Waals surface area contributed by atoms with Crippen molar-refractivity contribution in [2.24, 2.45) is 17.6 Å². The maximum Gasteiger partial charge on any atom is 0.405 e. The van der Waals surface area contributed by atoms with Crippen molar-refractivity contribution in [3.63, 3.8) is 0 Å². The van der Waals surface area contributed by atoms with Crippen molar-refractivity contribution >= 4 is 6.09 Å². The van der Waals surface area contributed by atoms with Crippen molar-refractivity contribution in [1.29, 1.82) is 0 Å². The molecule has 16 heavy (non-hydrogen) atoms. The molecule has 0 bridgehead atoms. The molecular formula is C12H23NO3. The van der Waals surface area contributed by atoms with Crippen LogP contribution in [0.15, 0.2) is 0 Å². The van der Waals surface area contributed by atoms with Gasteiger partial charge in [0.1, 0.15) is 5.60 Å². The molecule has 0 unspecified atom stereocenters. The second kappa shape index (κ2) is 5.53. The fraction of sp³-hybridized carbons (Fsp3) is 0.917. The summed E-state index contributed by atoms with van der Waals surface area (Å²) in [5.74, 6) is 1.05. The number of primary amides is 1. The molecule has 0 aliphatic heterocycles. The van der Waals surface area contributed by atoms with E-state index in [4.69, 9.17) is 15.6 Å². The van der Waals surface area contributed by atoms with Crippen molar-refractivity contribution in [3.8, 4) is 0 Å². The molecular weight excluding hydrogens is 206 g/mol. The molecule has 0 aromatic carbocycles. The van der Waals surface area contributed by atoms with E-state index < -0.39 is 11.7 Å². The van der Waals surface area contributed by atoms with Gasteiger partial charge in [-0.1, -0.05) is 0 Å². The standard InChI is InChI=1S/C12H23NO3/c1-12(2,16-11(13)15)7-9-3-5-10(8-14)6-4-9/h9-10,14H,3-8H2,1-2H3,(H2,13,15)/t9-,10+. The number of amides is 1. The second-order valence-corrected chi connectivity index (χ2v) is 5.45. The Hall–Kier alpha value is -0.770. The van der Waals surface area contributed by atoms with E-state index in [0.717, 1.165) is 32.1 Å². The number of aliphatic hydroxyl groups is 1. The largest absolute Gasteiger partial charge is 0.444 e. The van der Waals surface area contributed by atoms with Crippen LogP contribution in [0.4, 0.5) is 4.79 Å². The van der Waals surface area contributed by atoms with Crippen LogP contribution in [0.3, 0.4) is 0 Å². The molecule has 0 saturated heterocycles. The lowest BCUT2D eigenvalue weighted by atomic mass is 9.78. The summed E-state index contributed by atoms with van der Waals surface area (Å²) >= 11 is 0. The van der Waals surface area contributed by atoms with E-state index in [1.807, 2.05) is 13.8 Å². The number of carbonyl (C=O) groups is 1. The highest BCUT2D eigenvalue weighted by Crippen LogP contribution is 2.34. The first kappa shape index (κ1) is 13.3. The van der Waals surface area contributed by atoms with Gasteiger partial charge in [0.2, 0.25) is 0 Å². The van der Waals surface area contributed by atoms with Crippen molar-refractivity contribution in [1.82, 2.24) is 0 Å². The lowest BCUT2D eigenvalue weighted by Gasteiger charge is -2.33. The van der Waals surface area contributed by atoms with Gasteiger partial charge in [0.05, 0.1) is 0 Å². The summed E-state index contributed by atoms with van der Waals surface area (Å²) < 4.78 is 5.08. The average Bonchev–Trinajstić information content (AvgIpc) is 2.16. The number of aliphatic hydroxyl groups excluding tert-OH is 1. The van der Waals surface area contributed by atoms with Crippen LogP contribution >= 0.6 is 0 Å². The molecule has 1 amide bonds. The number of hydrogen-bond acceptors (Lipinski definition) is 3. The van der Waals surface area contributed by atoms with Crippen LogP contribution in [0.5, 0.6) is 0 Å². The Morgan fingerprint density at radius 1 is 1.31 bits per heavy atom. The van der Waals surface area contributed by atoms with Gasteiger partial charge in [0.15, 0.2) is 0 Å². The first-order chi connectivity index (χ1) is 7.43. The van der Waals surface area contributed by atoms with Gasteiger partial charge < -0.3 is 15.6 Å². The SMILES string of the molecule is CC(C)(C[C@H]1CC[C@@H](CO)CC1)OC(N)=O. The predicted octanol–water partition coefficient (Wildman–Crippen LogP) is 2.05. The van der Waals surface area contributed by atoms with Crippen molar-refractivity contribution in [2.75, 3.05) is 6.61 Å². The maximum absolute atomic E-state index is 10.7. The van der Waals surface area contributed by atoms with Crippen molar-refractivity contribution in [3.05, 3.63) is 0 Å². The number of ether oxygens (including phenoxy) is 1. The monoisotopic (exact) mass is 229 g/mol. The van der Waals surface area contributed by atoms with Gasteiger partial charge in [0, 0.05) is 6.61 Å². The maximum atomic E-state index is 10.7. The van der Waals surface area contributed by atoms with Crippen LogP contribution in [0.2, 0.25) is 0 Å². The Morgan fingerprint density at radius 3 is 2.25 bits per heavy atom. The second-order valence-electron chi connectivity index (χ2n) is 5.45. The average molecular weight is 229 g/mol. The number of hydrogen-bond donors (Lipinski definition) is 2. The van der Waals surface area contributed by atoms with Crippen LogP contribution in [-0.4, -0.2) is 23.4 Å². The van der Waals surface area contributed by atoms with E-state index in [0.29, 0.717) is 18.4 Å². The van der Waals surface area contributed by atoms with Gasteiger partial charge in [-0.15, -0.1) is 0 Å². The molecule has 4 nitrogen and oxygen atoms in total. The van der Waals surface area contributed by atoms with Crippen molar-refractivity contribution in [2.45, 2.75) is 51.6 Å². The van der Waals surface area contributed by atoms with E-state index in [1.165, 1.54) is 0 Å². The molecule has 3 N–H and O–H groups in total. The molecule has 1 rings (SSSR count). The van der Waals surface area contributed by atoms with E-state index in [-0.39, 0.29) is 0 Å². The van der Waals surface area contributed by atoms with E-state index >= 15 is 0 Å². The van der Waals surface area contributed by atoms with Crippen LogP contribution in [0.25, 0.3) is 0 Å². The minimum absolute atomic E-state index is 0.300. The first-order valence-electron chi connectivity index (χ1n) is 6.02. The topological polar surface area (TPSA) is 72.6 Å². The Morgan fingerprint density at radius 2 is 1.81 bits per heavy atom. The van der Waals surface area contributed by atoms with E-state index in [9.17, 15) is 4.79 Å². The molecule has 1 fully saturated rings. The van der Waals surface area contributed by atoms with E-state index in [2.05, 4.69) is 0 Å². The highest BCUT2D eigenvalue weighted by molar-refractivity contribution is 5.65. The molecule has 0 spiro atoms. The molecule has 0 aromatic rings. The Balaban J connectivity index is 2.35. The van der Waals surface area contributed by atoms with Crippen molar-refractivity contribution < 1.29 is 14.6 Å². The fourth-order valence-corrected chi connectivity index (χ4v) is 2.63. The number of rotatable bonds is 4. The summed E-state index contributed by atoms with van der Waals surface area (Å²) in [5.41, 5.74) is 4.56. The molecule has 94 valence electrons. The summed E-state index contributed by atoms with van der Waals surface area (Å²) in [6.45, 7) is 4.10. The highest BCUT2D eigenvalue weighted by atomic mass is 16.6. The van der Waals surface area contributed by atoms with Gasteiger partial charge in [-0.3, -0.25) is 0 Å². The summed E-state index contributed by atoms with van der Waals surface area (Å²) in [6, 6.07) is 0. The first-order valence-corrected chi connectivity index (χ1v) is 6.02. The quantitative estimate of drug-likeness (QED) is 0.775. The fourth-order valence-electron chi connectivity index (χ4n) is 2.63. The zero-order valence-corrected chi connectivity index (χ0v) is 10.2. The van der Waals surface area contributed by atoms with Gasteiger partial charge in [-0.2, -0.15) is 0 Å². The van der Waals surface area contributed by atoms with E-state index in [1.54, 1.807) is 0 Å². The summed E-state index contributed by atoms with van der Waals surface area (Å²) in [6.07, 6.45) is 4.53. The predicted molar refractivity (Wildman–Crippen MR) is 61.9 cm³/mol. The zero-order chi connectivity index (χ0) is 12.2. The van der Waals surface area contributed by atoms with Gasteiger partial charge in [-0.05, 0) is 57.8 Å². The van der Waals surface area contributed by atoms with Gasteiger partial charge in [0.25, 0.3) is 0 Å². The lowest BCUT2D eigenvalue weighted by molar-refractivity contribution is 0.0182. The molecule has 0 heterocycles. The van der Waals surface area contributed by atoms with Crippen LogP contribution in [0.1, 0.15) is 46.0 Å². The summed E-state index contributed by atoms with van der Waals surface area (Å²) in [5, 5.41) is 9.04. The van der Waals surface area contributed by atoms with Gasteiger partial charge in [-0.25, -0.2) is 4.79 Å². The normalized spacial score (nSPS) is 26.4. The molecule has 0 radical (unpaired) electrons. The molecule has 0 aromatic heterocycles. The summed E-state index contributed by atoms with van der Waals surface area (Å²) in [7, 11) is 0. The minimum atomic E-state index is -0.700. The third kappa shape index (κ3) is 4.39. The lowest BCUT2D eigenvalue weighted by Crippen LogP contribution is -2.34. The third-order valence-corrected chi connectivity index (χ3v) is 3.38.